The Morgan fingerprint density at radius 2 is 1.64 bits per heavy atom. The Morgan fingerprint density at radius 3 is 2.18 bits per heavy atom. The van der Waals surface area contributed by atoms with E-state index in [1.807, 2.05) is 0 Å². The molecule has 3 rings (SSSR count). The van der Waals surface area contributed by atoms with E-state index in [1.54, 1.807) is 23.5 Å². The molecule has 2 aliphatic carbocycles. The van der Waals surface area contributed by atoms with Gasteiger partial charge in [0, 0.05) is 24.5 Å². The van der Waals surface area contributed by atoms with E-state index in [9.17, 15) is 25.0 Å². The highest BCUT2D eigenvalue weighted by atomic mass is 32.2. The number of thioether (sulfide) groups is 2. The summed E-state index contributed by atoms with van der Waals surface area (Å²) in [6, 6.07) is 2.92. The van der Waals surface area contributed by atoms with Gasteiger partial charge in [-0.05, 0) is 31.3 Å². The molecule has 2 aliphatic rings. The van der Waals surface area contributed by atoms with Gasteiger partial charge in [0.05, 0.1) is 25.6 Å². The molecular formula is C18H22N2O6S2. The topological polar surface area (TPSA) is 113 Å². The van der Waals surface area contributed by atoms with Crippen molar-refractivity contribution in [1.82, 2.24) is 0 Å². The van der Waals surface area contributed by atoms with Gasteiger partial charge in [-0.3, -0.25) is 20.2 Å². The van der Waals surface area contributed by atoms with Gasteiger partial charge in [0.15, 0.2) is 0 Å². The second-order valence-corrected chi connectivity index (χ2v) is 9.71. The van der Waals surface area contributed by atoms with E-state index in [4.69, 9.17) is 4.74 Å². The Balaban J connectivity index is 1.86. The maximum atomic E-state index is 12.7. The number of non-ortho nitro benzene ring substituents is 2. The number of rotatable bonds is 6. The summed E-state index contributed by atoms with van der Waals surface area (Å²) < 4.78 is 5.78. The van der Waals surface area contributed by atoms with Crippen molar-refractivity contribution < 1.29 is 19.4 Å². The molecule has 0 amide bonds. The summed E-state index contributed by atoms with van der Waals surface area (Å²) in [5.74, 6) is -0.0334. The van der Waals surface area contributed by atoms with Crippen LogP contribution in [0.2, 0.25) is 0 Å². The lowest BCUT2D eigenvalue weighted by Gasteiger charge is -2.36. The summed E-state index contributed by atoms with van der Waals surface area (Å²) in [5, 5.41) is 22.1. The Labute approximate surface area is 171 Å². The van der Waals surface area contributed by atoms with Crippen molar-refractivity contribution in [2.24, 2.45) is 11.8 Å². The van der Waals surface area contributed by atoms with Crippen molar-refractivity contribution >= 4 is 40.9 Å². The van der Waals surface area contributed by atoms with Crippen molar-refractivity contribution in [2.75, 3.05) is 12.5 Å². The zero-order valence-electron chi connectivity index (χ0n) is 15.7. The summed E-state index contributed by atoms with van der Waals surface area (Å²) in [6.07, 6.45) is 8.94. The molecule has 152 valence electrons. The molecule has 0 saturated heterocycles. The van der Waals surface area contributed by atoms with E-state index >= 15 is 0 Å². The molecule has 0 N–H and O–H groups in total. The van der Waals surface area contributed by atoms with Crippen LogP contribution in [0.15, 0.2) is 18.2 Å². The SMILES string of the molecule is CSC1(SC)C[C@H](OC(=O)c2cc([N+](=O)[O-])cc([N+](=O)[O-])c2)[C@@H]2CCCC[C@@H]21. The van der Waals surface area contributed by atoms with E-state index < -0.39 is 27.2 Å². The number of carbonyl (C=O) groups is 1. The zero-order valence-corrected chi connectivity index (χ0v) is 17.3. The van der Waals surface area contributed by atoms with E-state index in [0.29, 0.717) is 12.3 Å². The molecule has 2 fully saturated rings. The van der Waals surface area contributed by atoms with Crippen molar-refractivity contribution in [1.29, 1.82) is 0 Å². The van der Waals surface area contributed by atoms with Crippen molar-refractivity contribution in [3.8, 4) is 0 Å². The van der Waals surface area contributed by atoms with Crippen LogP contribution in [-0.2, 0) is 4.74 Å². The van der Waals surface area contributed by atoms with Gasteiger partial charge in [-0.1, -0.05) is 12.8 Å². The Kier molecular flexibility index (Phi) is 6.18. The van der Waals surface area contributed by atoms with Crippen LogP contribution in [0, 0.1) is 32.1 Å². The predicted molar refractivity (Wildman–Crippen MR) is 109 cm³/mol. The minimum atomic E-state index is -0.747. The highest BCUT2D eigenvalue weighted by Gasteiger charge is 2.54. The van der Waals surface area contributed by atoms with Gasteiger partial charge in [-0.25, -0.2) is 4.79 Å². The van der Waals surface area contributed by atoms with Crippen LogP contribution in [0.3, 0.4) is 0 Å². The smallest absolute Gasteiger partial charge is 0.338 e. The molecule has 8 nitrogen and oxygen atoms in total. The van der Waals surface area contributed by atoms with Crippen molar-refractivity contribution in [3.63, 3.8) is 0 Å². The molecule has 0 spiro atoms. The molecule has 2 saturated carbocycles. The summed E-state index contributed by atoms with van der Waals surface area (Å²) in [5.41, 5.74) is -1.14. The fourth-order valence-electron chi connectivity index (χ4n) is 4.54. The largest absolute Gasteiger partial charge is 0.458 e. The number of fused-ring (bicyclic) bond motifs is 1. The normalized spacial score (nSPS) is 25.7. The first-order valence-corrected chi connectivity index (χ1v) is 11.5. The van der Waals surface area contributed by atoms with Gasteiger partial charge in [-0.15, -0.1) is 23.5 Å². The van der Waals surface area contributed by atoms with Crippen LogP contribution in [0.5, 0.6) is 0 Å². The molecule has 3 atom stereocenters. The molecule has 0 aliphatic heterocycles. The first-order valence-electron chi connectivity index (χ1n) is 9.06. The first-order chi connectivity index (χ1) is 13.3. The second kappa shape index (κ2) is 8.28. The van der Waals surface area contributed by atoms with Crippen molar-refractivity contribution in [3.05, 3.63) is 44.0 Å². The minimum Gasteiger partial charge on any atom is -0.458 e. The lowest BCUT2D eigenvalue weighted by Crippen LogP contribution is -2.31. The molecule has 1 aromatic carbocycles. The van der Waals surface area contributed by atoms with Crippen molar-refractivity contribution in [2.45, 2.75) is 42.3 Å². The molecule has 0 unspecified atom stereocenters. The number of hydrogen-bond acceptors (Lipinski definition) is 8. The van der Waals surface area contributed by atoms with Gasteiger partial charge >= 0.3 is 5.97 Å². The summed E-state index contributed by atoms with van der Waals surface area (Å²) in [7, 11) is 0. The molecule has 1 aromatic rings. The van der Waals surface area contributed by atoms with Crippen LogP contribution in [-0.4, -0.2) is 38.5 Å². The number of ether oxygens (including phenoxy) is 1. The fraction of sp³-hybridized carbons (Fsp3) is 0.611. The molecule has 0 radical (unpaired) electrons. The molecular weight excluding hydrogens is 404 g/mol. The number of nitrogens with zero attached hydrogens (tertiary/aromatic N) is 2. The van der Waals surface area contributed by atoms with Crippen LogP contribution in [0.1, 0.15) is 42.5 Å². The second-order valence-electron chi connectivity index (χ2n) is 7.18. The summed E-state index contributed by atoms with van der Waals surface area (Å²) in [6.45, 7) is 0. The maximum absolute atomic E-state index is 12.7. The highest BCUT2D eigenvalue weighted by Crippen LogP contribution is 2.59. The number of nitro benzene ring substituents is 2. The Bertz CT molecular complexity index is 766. The average molecular weight is 427 g/mol. The molecule has 0 heterocycles. The van der Waals surface area contributed by atoms with E-state index in [-0.39, 0.29) is 21.7 Å². The van der Waals surface area contributed by atoms with E-state index in [2.05, 4.69) is 12.5 Å². The monoisotopic (exact) mass is 426 g/mol. The predicted octanol–water partition coefficient (Wildman–Crippen LogP) is 4.66. The number of esters is 1. The van der Waals surface area contributed by atoms with Gasteiger partial charge in [-0.2, -0.15) is 0 Å². The van der Waals surface area contributed by atoms with Gasteiger partial charge in [0.25, 0.3) is 11.4 Å². The maximum Gasteiger partial charge on any atom is 0.338 e. The van der Waals surface area contributed by atoms with Crippen LogP contribution in [0.4, 0.5) is 11.4 Å². The minimum absolute atomic E-state index is 0.00921. The third-order valence-corrected chi connectivity index (χ3v) is 9.18. The standard InChI is InChI=1S/C18H22N2O6S2/c1-27-18(28-2)10-16(14-5-3-4-6-15(14)18)26-17(21)11-7-12(19(22)23)9-13(8-11)20(24)25/h7-9,14-16H,3-6,10H2,1-2H3/t14-,15+,16+/m1/s1. The van der Waals surface area contributed by atoms with Crippen LogP contribution in [0.25, 0.3) is 0 Å². The quantitative estimate of drug-likeness (QED) is 0.279. The van der Waals surface area contributed by atoms with Crippen LogP contribution >= 0.6 is 23.5 Å². The third kappa shape index (κ3) is 3.84. The summed E-state index contributed by atoms with van der Waals surface area (Å²) >= 11 is 3.60. The lowest BCUT2D eigenvalue weighted by molar-refractivity contribution is -0.394. The first kappa shape index (κ1) is 20.9. The zero-order chi connectivity index (χ0) is 20.5. The van der Waals surface area contributed by atoms with Gasteiger partial charge < -0.3 is 4.74 Å². The van der Waals surface area contributed by atoms with Gasteiger partial charge in [0.1, 0.15) is 6.10 Å². The molecule has 0 aromatic heterocycles. The fourth-order valence-corrected chi connectivity index (χ4v) is 7.06. The average Bonchev–Trinajstić information content (AvgIpc) is 3.01. The molecule has 28 heavy (non-hydrogen) atoms. The number of nitro groups is 2. The summed E-state index contributed by atoms with van der Waals surface area (Å²) in [4.78, 5) is 33.4. The molecule has 10 heteroatoms. The molecule has 0 bridgehead atoms. The third-order valence-electron chi connectivity index (χ3n) is 5.86. The van der Waals surface area contributed by atoms with Gasteiger partial charge in [0.2, 0.25) is 0 Å². The Hall–Kier alpha value is -1.81. The highest BCUT2D eigenvalue weighted by molar-refractivity contribution is 8.17. The number of hydrogen-bond donors (Lipinski definition) is 0. The Morgan fingerprint density at radius 1 is 1.07 bits per heavy atom. The van der Waals surface area contributed by atoms with E-state index in [0.717, 1.165) is 37.5 Å². The lowest BCUT2D eigenvalue weighted by atomic mass is 9.80. The number of carbonyl (C=O) groups excluding carboxylic acids is 1. The van der Waals surface area contributed by atoms with Crippen LogP contribution < -0.4 is 0 Å². The number of benzene rings is 1. The van der Waals surface area contributed by atoms with E-state index in [1.165, 1.54) is 6.42 Å².